The van der Waals surface area contributed by atoms with Gasteiger partial charge in [0.2, 0.25) is 0 Å². The fourth-order valence-electron chi connectivity index (χ4n) is 2.53. The van der Waals surface area contributed by atoms with E-state index < -0.39 is 5.82 Å². The lowest BCUT2D eigenvalue weighted by molar-refractivity contribution is 0.0944. The van der Waals surface area contributed by atoms with Crippen molar-refractivity contribution in [3.8, 4) is 0 Å². The summed E-state index contributed by atoms with van der Waals surface area (Å²) in [5.41, 5.74) is 3.82. The maximum absolute atomic E-state index is 13.5. The van der Waals surface area contributed by atoms with E-state index in [1.54, 1.807) is 6.07 Å². The summed E-state index contributed by atoms with van der Waals surface area (Å²) in [6, 6.07) is 10.9. The van der Waals surface area contributed by atoms with Crippen molar-refractivity contribution in [1.82, 2.24) is 14.7 Å². The van der Waals surface area contributed by atoms with E-state index in [1.165, 1.54) is 22.2 Å². The lowest BCUT2D eigenvalue weighted by atomic mass is 10.1. The molecule has 5 heteroatoms. The zero-order chi connectivity index (χ0) is 16.4. The van der Waals surface area contributed by atoms with Crippen LogP contribution in [0.25, 0.3) is 5.65 Å². The molecular weight excluding hydrogens is 293 g/mol. The van der Waals surface area contributed by atoms with E-state index in [0.717, 1.165) is 5.56 Å². The normalized spacial score (nSPS) is 10.9. The summed E-state index contributed by atoms with van der Waals surface area (Å²) in [6.45, 7) is 4.36. The molecule has 0 aliphatic carbocycles. The second kappa shape index (κ2) is 6.20. The third-order valence-corrected chi connectivity index (χ3v) is 3.78. The van der Waals surface area contributed by atoms with Crippen molar-refractivity contribution >= 4 is 11.6 Å². The first-order chi connectivity index (χ1) is 11.1. The molecule has 0 spiro atoms. The second-order valence-corrected chi connectivity index (χ2v) is 5.50. The molecule has 0 radical (unpaired) electrons. The number of benzene rings is 1. The quantitative estimate of drug-likeness (QED) is 0.804. The van der Waals surface area contributed by atoms with Crippen molar-refractivity contribution in [3.63, 3.8) is 0 Å². The van der Waals surface area contributed by atoms with Crippen molar-refractivity contribution in [2.24, 2.45) is 0 Å². The van der Waals surface area contributed by atoms with Crippen LogP contribution in [0.1, 0.15) is 34.2 Å². The predicted octanol–water partition coefficient (Wildman–Crippen LogP) is 3.27. The van der Waals surface area contributed by atoms with Crippen LogP contribution in [0, 0.1) is 12.7 Å². The van der Waals surface area contributed by atoms with Gasteiger partial charge >= 0.3 is 0 Å². The van der Waals surface area contributed by atoms with Crippen LogP contribution in [-0.4, -0.2) is 15.3 Å². The van der Waals surface area contributed by atoms with Crippen LogP contribution in [0.4, 0.5) is 4.39 Å². The molecule has 2 heterocycles. The van der Waals surface area contributed by atoms with Gasteiger partial charge in [-0.15, -0.1) is 0 Å². The molecule has 118 valence electrons. The monoisotopic (exact) mass is 311 g/mol. The molecule has 3 rings (SSSR count). The number of imidazole rings is 1. The molecule has 0 unspecified atom stereocenters. The minimum Gasteiger partial charge on any atom is -0.347 e. The van der Waals surface area contributed by atoms with Gasteiger partial charge < -0.3 is 5.32 Å². The van der Waals surface area contributed by atoms with Crippen LogP contribution in [0.15, 0.2) is 42.6 Å². The van der Waals surface area contributed by atoms with E-state index in [1.807, 2.05) is 38.1 Å². The summed E-state index contributed by atoms with van der Waals surface area (Å²) in [5, 5.41) is 2.88. The van der Waals surface area contributed by atoms with Gasteiger partial charge in [0.15, 0.2) is 0 Å². The molecule has 3 aromatic rings. The minimum atomic E-state index is -0.398. The van der Waals surface area contributed by atoms with Gasteiger partial charge in [-0.25, -0.2) is 9.37 Å². The second-order valence-electron chi connectivity index (χ2n) is 5.50. The molecule has 2 aromatic heterocycles. The highest BCUT2D eigenvalue weighted by Gasteiger charge is 2.18. The molecule has 1 aromatic carbocycles. The number of hydrogen-bond acceptors (Lipinski definition) is 2. The molecule has 0 aliphatic rings. The third-order valence-electron chi connectivity index (χ3n) is 3.78. The summed E-state index contributed by atoms with van der Waals surface area (Å²) >= 11 is 0. The zero-order valence-electron chi connectivity index (χ0n) is 13.1. The smallest absolute Gasteiger partial charge is 0.270 e. The predicted molar refractivity (Wildman–Crippen MR) is 86.9 cm³/mol. The third kappa shape index (κ3) is 3.08. The Morgan fingerprint density at radius 3 is 2.65 bits per heavy atom. The fraction of sp³-hybridized carbons (Fsp3) is 0.222. The standard InChI is InChI=1S/C18H18FN3O/c1-3-15-17(22-11-14(19)8-9-16(22)21-15)18(23)20-10-13-6-4-12(2)5-7-13/h4-9,11H,3,10H2,1-2H3,(H,20,23). The Morgan fingerprint density at radius 2 is 1.96 bits per heavy atom. The maximum atomic E-state index is 13.5. The molecule has 4 nitrogen and oxygen atoms in total. The molecule has 0 fully saturated rings. The van der Waals surface area contributed by atoms with Crippen LogP contribution in [0.3, 0.4) is 0 Å². The minimum absolute atomic E-state index is 0.250. The van der Waals surface area contributed by atoms with Crippen LogP contribution in [0.5, 0.6) is 0 Å². The van der Waals surface area contributed by atoms with E-state index >= 15 is 0 Å². The van der Waals surface area contributed by atoms with Crippen LogP contribution >= 0.6 is 0 Å². The molecule has 1 N–H and O–H groups in total. The van der Waals surface area contributed by atoms with Crippen molar-refractivity contribution < 1.29 is 9.18 Å². The number of aryl methyl sites for hydroxylation is 2. The highest BCUT2D eigenvalue weighted by molar-refractivity contribution is 5.94. The van der Waals surface area contributed by atoms with Gasteiger partial charge in [0.05, 0.1) is 5.69 Å². The summed E-state index contributed by atoms with van der Waals surface area (Å²) in [7, 11) is 0. The number of nitrogens with zero attached hydrogens (tertiary/aromatic N) is 2. The molecule has 23 heavy (non-hydrogen) atoms. The molecule has 0 atom stereocenters. The van der Waals surface area contributed by atoms with Crippen molar-refractivity contribution in [2.45, 2.75) is 26.8 Å². The van der Waals surface area contributed by atoms with Crippen molar-refractivity contribution in [2.75, 3.05) is 0 Å². The Kier molecular flexibility index (Phi) is 4.10. The number of pyridine rings is 1. The molecular formula is C18H18FN3O. The Morgan fingerprint density at radius 1 is 1.22 bits per heavy atom. The van der Waals surface area contributed by atoms with Crippen molar-refractivity contribution in [3.05, 3.63) is 70.9 Å². The van der Waals surface area contributed by atoms with Gasteiger partial charge in [0, 0.05) is 12.7 Å². The topological polar surface area (TPSA) is 46.4 Å². The Hall–Kier alpha value is -2.69. The highest BCUT2D eigenvalue weighted by atomic mass is 19.1. The number of rotatable bonds is 4. The van der Waals surface area contributed by atoms with Gasteiger partial charge in [0.1, 0.15) is 17.2 Å². The number of carbonyl (C=O) groups is 1. The van der Waals surface area contributed by atoms with Crippen LogP contribution in [0.2, 0.25) is 0 Å². The van der Waals surface area contributed by atoms with Gasteiger partial charge in [0.25, 0.3) is 5.91 Å². The Bertz CT molecular complexity index is 853. The number of fused-ring (bicyclic) bond motifs is 1. The summed E-state index contributed by atoms with van der Waals surface area (Å²) in [4.78, 5) is 17.0. The van der Waals surface area contributed by atoms with E-state index in [0.29, 0.717) is 30.0 Å². The van der Waals surface area contributed by atoms with Gasteiger partial charge in [-0.05, 0) is 31.0 Å². The first kappa shape index (κ1) is 15.2. The van der Waals surface area contributed by atoms with Gasteiger partial charge in [-0.1, -0.05) is 36.8 Å². The average molecular weight is 311 g/mol. The number of halogens is 1. The molecule has 0 saturated carbocycles. The summed E-state index contributed by atoms with van der Waals surface area (Å²) in [6.07, 6.45) is 1.90. The van der Waals surface area contributed by atoms with Crippen LogP contribution in [-0.2, 0) is 13.0 Å². The molecule has 0 bridgehead atoms. The van der Waals surface area contributed by atoms with Gasteiger partial charge in [-0.3, -0.25) is 9.20 Å². The lowest BCUT2D eigenvalue weighted by Crippen LogP contribution is -2.25. The number of amides is 1. The maximum Gasteiger partial charge on any atom is 0.270 e. The zero-order valence-corrected chi connectivity index (χ0v) is 13.1. The molecule has 0 saturated heterocycles. The summed E-state index contributed by atoms with van der Waals surface area (Å²) in [5.74, 6) is -0.648. The lowest BCUT2D eigenvalue weighted by Gasteiger charge is -2.07. The van der Waals surface area contributed by atoms with E-state index in [9.17, 15) is 9.18 Å². The first-order valence-electron chi connectivity index (χ1n) is 7.58. The summed E-state index contributed by atoms with van der Waals surface area (Å²) < 4.78 is 15.0. The fourth-order valence-corrected chi connectivity index (χ4v) is 2.53. The highest BCUT2D eigenvalue weighted by Crippen LogP contribution is 2.15. The largest absolute Gasteiger partial charge is 0.347 e. The van der Waals surface area contributed by atoms with E-state index in [-0.39, 0.29) is 5.91 Å². The average Bonchev–Trinajstić information content (AvgIpc) is 2.91. The number of carbonyl (C=O) groups excluding carboxylic acids is 1. The molecule has 1 amide bonds. The van der Waals surface area contributed by atoms with Gasteiger partial charge in [-0.2, -0.15) is 0 Å². The van der Waals surface area contributed by atoms with E-state index in [4.69, 9.17) is 0 Å². The molecule has 0 aliphatic heterocycles. The number of hydrogen-bond donors (Lipinski definition) is 1. The number of nitrogens with one attached hydrogen (secondary N) is 1. The van der Waals surface area contributed by atoms with E-state index in [2.05, 4.69) is 10.3 Å². The SMILES string of the molecule is CCc1nc2ccc(F)cn2c1C(=O)NCc1ccc(C)cc1. The number of aromatic nitrogens is 2. The Balaban J connectivity index is 1.87. The van der Waals surface area contributed by atoms with Crippen LogP contribution < -0.4 is 5.32 Å². The Labute approximate surface area is 134 Å². The first-order valence-corrected chi connectivity index (χ1v) is 7.58. The van der Waals surface area contributed by atoms with Crippen molar-refractivity contribution in [1.29, 1.82) is 0 Å².